The third kappa shape index (κ3) is 6.30. The molecule has 11 aromatic rings. The van der Waals surface area contributed by atoms with Crippen LogP contribution >= 0.6 is 0 Å². The summed E-state index contributed by atoms with van der Waals surface area (Å²) in [5.74, 6) is 0. The lowest BCUT2D eigenvalue weighted by atomic mass is 9.89. The van der Waals surface area contributed by atoms with Crippen molar-refractivity contribution < 1.29 is 0 Å². The first-order chi connectivity index (χ1) is 29.2. The Morgan fingerprint density at radius 1 is 0.220 bits per heavy atom. The molecule has 0 N–H and O–H groups in total. The van der Waals surface area contributed by atoms with Crippen LogP contribution in [0, 0.1) is 0 Å². The van der Waals surface area contributed by atoms with E-state index in [1.807, 2.05) is 0 Å². The molecule has 0 unspecified atom stereocenters. The highest BCUT2D eigenvalue weighted by Crippen LogP contribution is 2.44. The fraction of sp³-hybridized carbons (Fsp3) is 0. The van der Waals surface area contributed by atoms with Crippen molar-refractivity contribution in [2.75, 3.05) is 4.90 Å². The van der Waals surface area contributed by atoms with Gasteiger partial charge < -0.3 is 4.90 Å². The first kappa shape index (κ1) is 34.5. The average Bonchev–Trinajstić information content (AvgIpc) is 3.32. The van der Waals surface area contributed by atoms with E-state index in [1.54, 1.807) is 0 Å². The van der Waals surface area contributed by atoms with Crippen LogP contribution in [0.1, 0.15) is 0 Å². The lowest BCUT2D eigenvalue weighted by molar-refractivity contribution is 1.28. The summed E-state index contributed by atoms with van der Waals surface area (Å²) in [4.78, 5) is 2.42. The zero-order valence-electron chi connectivity index (χ0n) is 32.5. The molecule has 0 spiro atoms. The van der Waals surface area contributed by atoms with E-state index < -0.39 is 0 Å². The van der Waals surface area contributed by atoms with Crippen molar-refractivity contribution in [1.29, 1.82) is 0 Å². The fourth-order valence-electron chi connectivity index (χ4n) is 8.96. The van der Waals surface area contributed by atoms with Crippen LogP contribution in [0.3, 0.4) is 0 Å². The van der Waals surface area contributed by atoms with Crippen molar-refractivity contribution in [2.45, 2.75) is 0 Å². The molecule has 11 rings (SSSR count). The van der Waals surface area contributed by atoms with Crippen molar-refractivity contribution in [3.05, 3.63) is 237 Å². The standard InChI is InChI=1S/C58H39N/c1-4-15-40(16-5-1)43-31-33-50(34-32-43)59(52-37-48(41-17-6-2-7-18-41)35-49(38-52)42-19-8-3-9-20-42)51-23-14-22-46(36-51)56-39-47-30-29-45-28-27-44-21-10-11-24-53(44)57(45)58(47)55-26-13-12-25-54(55)56/h1-39H. The molecule has 0 saturated heterocycles. The molecule has 0 aromatic heterocycles. The third-order valence-corrected chi connectivity index (χ3v) is 11.8. The Labute approximate surface area is 344 Å². The Bertz CT molecular complexity index is 3240. The number of fused-ring (bicyclic) bond motifs is 7. The lowest BCUT2D eigenvalue weighted by Crippen LogP contribution is -2.10. The molecule has 0 amide bonds. The largest absolute Gasteiger partial charge is 0.310 e. The molecule has 0 bridgehead atoms. The van der Waals surface area contributed by atoms with Crippen LogP contribution in [0.25, 0.3) is 87.6 Å². The highest BCUT2D eigenvalue weighted by molar-refractivity contribution is 6.29. The summed E-state index contributed by atoms with van der Waals surface area (Å²) in [6.45, 7) is 0. The summed E-state index contributed by atoms with van der Waals surface area (Å²) < 4.78 is 0. The van der Waals surface area contributed by atoms with E-state index in [2.05, 4.69) is 241 Å². The van der Waals surface area contributed by atoms with E-state index in [4.69, 9.17) is 0 Å². The van der Waals surface area contributed by atoms with Gasteiger partial charge in [0.05, 0.1) is 0 Å². The molecule has 276 valence electrons. The smallest absolute Gasteiger partial charge is 0.0473 e. The Morgan fingerprint density at radius 2 is 0.695 bits per heavy atom. The number of nitrogens with zero attached hydrogens (tertiary/aromatic N) is 1. The summed E-state index contributed by atoms with van der Waals surface area (Å²) in [6, 6.07) is 86.3. The first-order valence-corrected chi connectivity index (χ1v) is 20.3. The van der Waals surface area contributed by atoms with Crippen LogP contribution in [0.15, 0.2) is 237 Å². The van der Waals surface area contributed by atoms with Crippen LogP contribution < -0.4 is 4.90 Å². The Kier molecular flexibility index (Phi) is 8.56. The van der Waals surface area contributed by atoms with Crippen molar-refractivity contribution >= 4 is 60.2 Å². The van der Waals surface area contributed by atoms with Crippen molar-refractivity contribution in [1.82, 2.24) is 0 Å². The van der Waals surface area contributed by atoms with Gasteiger partial charge in [-0.2, -0.15) is 0 Å². The molecule has 0 aliphatic heterocycles. The molecule has 0 atom stereocenters. The Balaban J connectivity index is 1.13. The molecule has 59 heavy (non-hydrogen) atoms. The molecule has 0 radical (unpaired) electrons. The highest BCUT2D eigenvalue weighted by Gasteiger charge is 2.19. The van der Waals surface area contributed by atoms with E-state index in [1.165, 1.54) is 87.6 Å². The summed E-state index contributed by atoms with van der Waals surface area (Å²) in [7, 11) is 0. The van der Waals surface area contributed by atoms with Gasteiger partial charge in [0.25, 0.3) is 0 Å². The molecular formula is C58H39N. The minimum Gasteiger partial charge on any atom is -0.310 e. The number of rotatable bonds is 7. The molecule has 0 aliphatic carbocycles. The minimum atomic E-state index is 1.09. The van der Waals surface area contributed by atoms with E-state index >= 15 is 0 Å². The zero-order chi connectivity index (χ0) is 39.1. The molecule has 0 saturated carbocycles. The number of benzene rings is 11. The normalized spacial score (nSPS) is 11.4. The van der Waals surface area contributed by atoms with Gasteiger partial charge in [0.2, 0.25) is 0 Å². The maximum absolute atomic E-state index is 2.42. The SMILES string of the molecule is c1ccc(-c2ccc(N(c3cc(-c4ccccc4)cc(-c4ccccc4)c3)c3cccc(-c4cc5ccc6ccc7ccccc7c6c5c5ccccc45)c3)cc2)cc1. The van der Waals surface area contributed by atoms with Gasteiger partial charge in [0.1, 0.15) is 0 Å². The molecule has 1 nitrogen and oxygen atoms in total. The van der Waals surface area contributed by atoms with E-state index in [-0.39, 0.29) is 0 Å². The third-order valence-electron chi connectivity index (χ3n) is 11.8. The summed E-state index contributed by atoms with van der Waals surface area (Å²) in [5, 5.41) is 10.2. The summed E-state index contributed by atoms with van der Waals surface area (Å²) in [6.07, 6.45) is 0. The second-order valence-corrected chi connectivity index (χ2v) is 15.3. The quantitative estimate of drug-likeness (QED) is 0.147. The summed E-state index contributed by atoms with van der Waals surface area (Å²) >= 11 is 0. The second kappa shape index (κ2) is 14.6. The maximum atomic E-state index is 2.42. The molecule has 0 aliphatic rings. The van der Waals surface area contributed by atoms with E-state index in [9.17, 15) is 0 Å². The highest BCUT2D eigenvalue weighted by atomic mass is 15.1. The van der Waals surface area contributed by atoms with Gasteiger partial charge in [0.15, 0.2) is 0 Å². The van der Waals surface area contributed by atoms with E-state index in [0.29, 0.717) is 0 Å². The van der Waals surface area contributed by atoms with Crippen molar-refractivity contribution in [3.8, 4) is 44.5 Å². The minimum absolute atomic E-state index is 1.09. The van der Waals surface area contributed by atoms with Crippen molar-refractivity contribution in [2.24, 2.45) is 0 Å². The molecule has 11 aromatic carbocycles. The lowest BCUT2D eigenvalue weighted by Gasteiger charge is -2.28. The van der Waals surface area contributed by atoms with Gasteiger partial charge in [-0.25, -0.2) is 0 Å². The first-order valence-electron chi connectivity index (χ1n) is 20.3. The van der Waals surface area contributed by atoms with Crippen molar-refractivity contribution in [3.63, 3.8) is 0 Å². The predicted octanol–water partition coefficient (Wildman–Crippen LogP) is 16.4. The van der Waals surface area contributed by atoms with Crippen LogP contribution in [-0.4, -0.2) is 0 Å². The van der Waals surface area contributed by atoms with Gasteiger partial charge >= 0.3 is 0 Å². The predicted molar refractivity (Wildman–Crippen MR) is 253 cm³/mol. The fourth-order valence-corrected chi connectivity index (χ4v) is 8.96. The number of hydrogen-bond donors (Lipinski definition) is 0. The van der Waals surface area contributed by atoms with Crippen LogP contribution in [-0.2, 0) is 0 Å². The maximum Gasteiger partial charge on any atom is 0.0473 e. The zero-order valence-corrected chi connectivity index (χ0v) is 32.5. The molecule has 0 heterocycles. The molecule has 1 heteroatoms. The summed E-state index contributed by atoms with van der Waals surface area (Å²) in [5.41, 5.74) is 12.8. The number of hydrogen-bond acceptors (Lipinski definition) is 1. The Hall–Kier alpha value is -7.74. The number of anilines is 3. The topological polar surface area (TPSA) is 3.24 Å². The second-order valence-electron chi connectivity index (χ2n) is 15.3. The van der Waals surface area contributed by atoms with Crippen LogP contribution in [0.2, 0.25) is 0 Å². The van der Waals surface area contributed by atoms with Gasteiger partial charge in [-0.1, -0.05) is 188 Å². The van der Waals surface area contributed by atoms with Crippen LogP contribution in [0.5, 0.6) is 0 Å². The van der Waals surface area contributed by atoms with Gasteiger partial charge in [-0.15, -0.1) is 0 Å². The molecule has 0 fully saturated rings. The van der Waals surface area contributed by atoms with Crippen LogP contribution in [0.4, 0.5) is 17.1 Å². The monoisotopic (exact) mass is 749 g/mol. The van der Waals surface area contributed by atoms with E-state index in [0.717, 1.165) is 17.1 Å². The van der Waals surface area contributed by atoms with Gasteiger partial charge in [0, 0.05) is 17.1 Å². The average molecular weight is 750 g/mol. The van der Waals surface area contributed by atoms with Gasteiger partial charge in [-0.05, 0) is 136 Å². The van der Waals surface area contributed by atoms with Gasteiger partial charge in [-0.3, -0.25) is 0 Å². The molecular weight excluding hydrogens is 711 g/mol. The Morgan fingerprint density at radius 3 is 1.36 bits per heavy atom.